The normalized spacial score (nSPS) is 11.4. The van der Waals surface area contributed by atoms with E-state index in [0.717, 1.165) is 45.5 Å². The van der Waals surface area contributed by atoms with E-state index in [-0.39, 0.29) is 5.91 Å². The van der Waals surface area contributed by atoms with Gasteiger partial charge in [-0.2, -0.15) is 0 Å². The summed E-state index contributed by atoms with van der Waals surface area (Å²) in [6.45, 7) is 3.60. The smallest absolute Gasteiger partial charge is 0.228 e. The van der Waals surface area contributed by atoms with Gasteiger partial charge in [0.25, 0.3) is 0 Å². The van der Waals surface area contributed by atoms with Gasteiger partial charge in [0.1, 0.15) is 0 Å². The molecule has 0 saturated carbocycles. The Labute approximate surface area is 192 Å². The lowest BCUT2D eigenvalue weighted by Gasteiger charge is -2.22. The Bertz CT molecular complexity index is 972. The third-order valence-corrected chi connectivity index (χ3v) is 7.19. The van der Waals surface area contributed by atoms with Crippen LogP contribution in [0.2, 0.25) is 5.02 Å². The summed E-state index contributed by atoms with van der Waals surface area (Å²) in [7, 11) is 4.05. The minimum Gasteiger partial charge on any atom is -0.308 e. The van der Waals surface area contributed by atoms with Crippen LogP contribution >= 0.6 is 34.7 Å². The number of benzene rings is 2. The number of likely N-dealkylation sites (N-methyl/N-ethyl adjacent to an activating group) is 1. The molecule has 4 nitrogen and oxygen atoms in total. The Morgan fingerprint density at radius 1 is 1.13 bits per heavy atom. The summed E-state index contributed by atoms with van der Waals surface area (Å²) >= 11 is 9.31. The van der Waals surface area contributed by atoms with Gasteiger partial charge in [-0.3, -0.25) is 9.69 Å². The van der Waals surface area contributed by atoms with Crippen molar-refractivity contribution in [2.24, 2.45) is 0 Å². The maximum absolute atomic E-state index is 13.1. The fourth-order valence-corrected chi connectivity index (χ4v) is 5.14. The second-order valence-electron chi connectivity index (χ2n) is 7.37. The molecule has 1 amide bonds. The Kier molecular flexibility index (Phi) is 8.57. The van der Waals surface area contributed by atoms with E-state index < -0.39 is 0 Å². The minimum absolute atomic E-state index is 0.144. The second-order valence-corrected chi connectivity index (χ2v) is 9.98. The highest BCUT2D eigenvalue weighted by Crippen LogP contribution is 2.31. The van der Waals surface area contributed by atoms with E-state index in [1.165, 1.54) is 10.5 Å². The number of amides is 1. The van der Waals surface area contributed by atoms with Gasteiger partial charge in [0.2, 0.25) is 5.91 Å². The van der Waals surface area contributed by atoms with E-state index in [4.69, 9.17) is 16.6 Å². The molecule has 0 spiro atoms. The van der Waals surface area contributed by atoms with Crippen molar-refractivity contribution < 1.29 is 4.79 Å². The van der Waals surface area contributed by atoms with E-state index in [2.05, 4.69) is 30.0 Å². The van der Waals surface area contributed by atoms with Crippen LogP contribution in [-0.2, 0) is 11.2 Å². The molecule has 0 fully saturated rings. The lowest BCUT2D eigenvalue weighted by Crippen LogP contribution is -2.36. The van der Waals surface area contributed by atoms with E-state index in [9.17, 15) is 4.79 Å². The number of thioether (sulfide) groups is 1. The molecule has 0 aliphatic rings. The molecule has 0 bridgehead atoms. The molecule has 0 atom stereocenters. The molecule has 1 heterocycles. The molecule has 2 aromatic carbocycles. The van der Waals surface area contributed by atoms with Crippen LogP contribution in [0.15, 0.2) is 47.4 Å². The van der Waals surface area contributed by atoms with Crippen LogP contribution in [0.25, 0.3) is 10.2 Å². The fourth-order valence-electron chi connectivity index (χ4n) is 3.10. The molecule has 3 aromatic rings. The number of hydrogen-bond acceptors (Lipinski definition) is 5. The molecule has 7 heteroatoms. The van der Waals surface area contributed by atoms with Crippen LogP contribution in [0.4, 0.5) is 5.13 Å². The van der Waals surface area contributed by atoms with Gasteiger partial charge in [-0.05, 0) is 68.6 Å². The maximum Gasteiger partial charge on any atom is 0.228 e. The van der Waals surface area contributed by atoms with Crippen molar-refractivity contribution in [2.75, 3.05) is 37.8 Å². The third-order valence-electron chi connectivity index (χ3n) is 4.79. The van der Waals surface area contributed by atoms with Crippen molar-refractivity contribution in [1.82, 2.24) is 9.88 Å². The van der Waals surface area contributed by atoms with Gasteiger partial charge < -0.3 is 4.90 Å². The molecule has 0 N–H and O–H groups in total. The minimum atomic E-state index is 0.144. The molecule has 30 heavy (non-hydrogen) atoms. The van der Waals surface area contributed by atoms with Gasteiger partial charge in [-0.1, -0.05) is 42.0 Å². The van der Waals surface area contributed by atoms with E-state index >= 15 is 0 Å². The second kappa shape index (κ2) is 11.1. The lowest BCUT2D eigenvalue weighted by atomic mass is 10.1. The lowest BCUT2D eigenvalue weighted by molar-refractivity contribution is -0.118. The van der Waals surface area contributed by atoms with Crippen LogP contribution in [0, 0.1) is 0 Å². The van der Waals surface area contributed by atoms with Crippen molar-refractivity contribution >= 4 is 56.0 Å². The Hall–Kier alpha value is -1.60. The van der Waals surface area contributed by atoms with Crippen molar-refractivity contribution in [3.63, 3.8) is 0 Å². The number of fused-ring (bicyclic) bond motifs is 1. The predicted molar refractivity (Wildman–Crippen MR) is 131 cm³/mol. The van der Waals surface area contributed by atoms with E-state index in [0.29, 0.717) is 13.0 Å². The zero-order chi connectivity index (χ0) is 21.5. The Balaban J connectivity index is 1.66. The number of thiazole rings is 1. The number of rotatable bonds is 10. The van der Waals surface area contributed by atoms with Crippen LogP contribution < -0.4 is 4.90 Å². The van der Waals surface area contributed by atoms with E-state index in [1.807, 2.05) is 43.3 Å². The predicted octanol–water partition coefficient (Wildman–Crippen LogP) is 5.98. The summed E-state index contributed by atoms with van der Waals surface area (Å²) in [6, 6.07) is 14.1. The highest BCUT2D eigenvalue weighted by Gasteiger charge is 2.20. The van der Waals surface area contributed by atoms with Gasteiger partial charge in [0.05, 0.1) is 10.2 Å². The number of halogens is 1. The molecule has 0 aliphatic heterocycles. The number of para-hydroxylation sites is 1. The largest absolute Gasteiger partial charge is 0.308 e. The van der Waals surface area contributed by atoms with Gasteiger partial charge in [0.15, 0.2) is 5.13 Å². The zero-order valence-corrected chi connectivity index (χ0v) is 20.1. The summed E-state index contributed by atoms with van der Waals surface area (Å²) in [4.78, 5) is 23.1. The molecule has 3 rings (SSSR count). The fraction of sp³-hybridized carbons (Fsp3) is 0.391. The number of nitrogens with zero attached hydrogens (tertiary/aromatic N) is 3. The van der Waals surface area contributed by atoms with Gasteiger partial charge >= 0.3 is 0 Å². The number of carbonyl (C=O) groups excluding carboxylic acids is 1. The first-order valence-electron chi connectivity index (χ1n) is 10.2. The maximum atomic E-state index is 13.1. The summed E-state index contributed by atoms with van der Waals surface area (Å²) < 4.78 is 1.14. The highest BCUT2D eigenvalue weighted by molar-refractivity contribution is 7.99. The summed E-state index contributed by atoms with van der Waals surface area (Å²) in [5.41, 5.74) is 2.26. The standard InChI is InChI=1S/C23H28ClN3OS2/c1-4-17-7-5-8-20-22(17)25-23(30-20)27(15-14-26(2)3)21(28)9-6-16-29-19-12-10-18(24)11-13-19/h5,7-8,10-13H,4,6,9,14-16H2,1-3H3. The molecule has 0 unspecified atom stereocenters. The quantitative estimate of drug-likeness (QED) is 0.275. The molecule has 1 aromatic heterocycles. The summed E-state index contributed by atoms with van der Waals surface area (Å²) in [5.74, 6) is 1.04. The number of aromatic nitrogens is 1. The molecule has 160 valence electrons. The van der Waals surface area contributed by atoms with Crippen molar-refractivity contribution in [2.45, 2.75) is 31.1 Å². The van der Waals surface area contributed by atoms with E-state index in [1.54, 1.807) is 23.1 Å². The zero-order valence-electron chi connectivity index (χ0n) is 17.7. The summed E-state index contributed by atoms with van der Waals surface area (Å²) in [5, 5.41) is 1.55. The monoisotopic (exact) mass is 461 g/mol. The number of hydrogen-bond donors (Lipinski definition) is 0. The topological polar surface area (TPSA) is 36.4 Å². The third kappa shape index (κ3) is 6.20. The van der Waals surface area contributed by atoms with Gasteiger partial charge in [-0.15, -0.1) is 11.8 Å². The first-order chi connectivity index (χ1) is 14.5. The average molecular weight is 462 g/mol. The molecular weight excluding hydrogens is 434 g/mol. The molecule has 0 saturated heterocycles. The number of anilines is 1. The highest BCUT2D eigenvalue weighted by atomic mass is 35.5. The van der Waals surface area contributed by atoms with Crippen molar-refractivity contribution in [1.29, 1.82) is 0 Å². The van der Waals surface area contributed by atoms with Gasteiger partial charge in [-0.25, -0.2) is 4.98 Å². The number of carbonyl (C=O) groups is 1. The summed E-state index contributed by atoms with van der Waals surface area (Å²) in [6.07, 6.45) is 2.29. The first-order valence-corrected chi connectivity index (χ1v) is 12.4. The van der Waals surface area contributed by atoms with Crippen LogP contribution in [0.3, 0.4) is 0 Å². The Morgan fingerprint density at radius 2 is 1.90 bits per heavy atom. The number of aryl methyl sites for hydroxylation is 1. The Morgan fingerprint density at radius 3 is 2.60 bits per heavy atom. The van der Waals surface area contributed by atoms with Crippen molar-refractivity contribution in [3.05, 3.63) is 53.1 Å². The van der Waals surface area contributed by atoms with Gasteiger partial charge in [0, 0.05) is 29.4 Å². The van der Waals surface area contributed by atoms with Crippen molar-refractivity contribution in [3.8, 4) is 0 Å². The van der Waals surface area contributed by atoms with Crippen LogP contribution in [-0.4, -0.2) is 48.7 Å². The first kappa shape index (κ1) is 23.1. The molecular formula is C23H28ClN3OS2. The molecule has 0 radical (unpaired) electrons. The van der Waals surface area contributed by atoms with Crippen LogP contribution in [0.1, 0.15) is 25.3 Å². The molecule has 0 aliphatic carbocycles. The average Bonchev–Trinajstić information content (AvgIpc) is 3.16. The SMILES string of the molecule is CCc1cccc2sc(N(CCN(C)C)C(=O)CCCSc3ccc(Cl)cc3)nc12. The van der Waals surface area contributed by atoms with Crippen LogP contribution in [0.5, 0.6) is 0 Å².